The van der Waals surface area contributed by atoms with Gasteiger partial charge >= 0.3 is 0 Å². The van der Waals surface area contributed by atoms with Crippen molar-refractivity contribution in [1.29, 1.82) is 0 Å². The summed E-state index contributed by atoms with van der Waals surface area (Å²) in [7, 11) is 0. The number of nitrogens with zero attached hydrogens (tertiary/aromatic N) is 1. The number of nitrogens with one attached hydrogen (secondary N) is 1. The fourth-order valence-electron chi connectivity index (χ4n) is 1.88. The Morgan fingerprint density at radius 3 is 3.22 bits per heavy atom. The summed E-state index contributed by atoms with van der Waals surface area (Å²) < 4.78 is 18.2. The van der Waals surface area contributed by atoms with E-state index in [0.29, 0.717) is 12.5 Å². The van der Waals surface area contributed by atoms with Gasteiger partial charge in [0.05, 0.1) is 11.8 Å². The van der Waals surface area contributed by atoms with Gasteiger partial charge in [-0.05, 0) is 24.8 Å². The van der Waals surface area contributed by atoms with Crippen LogP contribution in [0.15, 0.2) is 12.3 Å². The molecule has 2 rings (SSSR count). The van der Waals surface area contributed by atoms with E-state index in [4.69, 9.17) is 16.3 Å². The topological polar surface area (TPSA) is 51.2 Å². The Morgan fingerprint density at radius 2 is 2.50 bits per heavy atom. The van der Waals surface area contributed by atoms with Gasteiger partial charge in [-0.1, -0.05) is 11.6 Å². The monoisotopic (exact) mass is 272 g/mol. The van der Waals surface area contributed by atoms with Crippen LogP contribution in [0.3, 0.4) is 0 Å². The van der Waals surface area contributed by atoms with Crippen LogP contribution in [-0.2, 0) is 4.74 Å². The summed E-state index contributed by atoms with van der Waals surface area (Å²) in [6, 6.07) is 1.09. The van der Waals surface area contributed by atoms with Crippen molar-refractivity contribution in [3.63, 3.8) is 0 Å². The molecular formula is C12H14ClFN2O2. The summed E-state index contributed by atoms with van der Waals surface area (Å²) in [5.41, 5.74) is 0.0688. The molecule has 98 valence electrons. The Morgan fingerprint density at radius 1 is 1.67 bits per heavy atom. The molecule has 0 radical (unpaired) electrons. The number of amides is 1. The first kappa shape index (κ1) is 13.2. The fraction of sp³-hybridized carbons (Fsp3) is 0.500. The van der Waals surface area contributed by atoms with Gasteiger partial charge in [0.1, 0.15) is 11.0 Å². The fourth-order valence-corrected chi connectivity index (χ4v) is 2.07. The van der Waals surface area contributed by atoms with E-state index in [2.05, 4.69) is 10.3 Å². The highest BCUT2D eigenvalue weighted by atomic mass is 35.5. The first-order valence-electron chi connectivity index (χ1n) is 5.84. The highest BCUT2D eigenvalue weighted by Gasteiger charge is 2.16. The van der Waals surface area contributed by atoms with Gasteiger partial charge in [-0.2, -0.15) is 0 Å². The largest absolute Gasteiger partial charge is 0.381 e. The highest BCUT2D eigenvalue weighted by molar-refractivity contribution is 6.32. The van der Waals surface area contributed by atoms with E-state index in [1.165, 1.54) is 0 Å². The van der Waals surface area contributed by atoms with Gasteiger partial charge < -0.3 is 10.1 Å². The molecule has 1 fully saturated rings. The van der Waals surface area contributed by atoms with Crippen LogP contribution in [0.5, 0.6) is 0 Å². The van der Waals surface area contributed by atoms with Gasteiger partial charge in [-0.3, -0.25) is 4.79 Å². The summed E-state index contributed by atoms with van der Waals surface area (Å²) in [6.45, 7) is 2.07. The number of carbonyl (C=O) groups excluding carboxylic acids is 1. The predicted molar refractivity (Wildman–Crippen MR) is 65.1 cm³/mol. The molecule has 0 spiro atoms. The molecular weight excluding hydrogens is 259 g/mol. The van der Waals surface area contributed by atoms with Crippen molar-refractivity contribution in [2.75, 3.05) is 19.8 Å². The van der Waals surface area contributed by atoms with E-state index in [-0.39, 0.29) is 10.7 Å². The SMILES string of the molecule is O=C(NCCC1CCOC1)c1cc(F)cnc1Cl. The number of hydrogen-bond acceptors (Lipinski definition) is 3. The van der Waals surface area contributed by atoms with Crippen molar-refractivity contribution in [3.8, 4) is 0 Å². The molecule has 0 aromatic carbocycles. The number of pyridine rings is 1. The molecule has 0 bridgehead atoms. The van der Waals surface area contributed by atoms with Crippen molar-refractivity contribution in [1.82, 2.24) is 10.3 Å². The van der Waals surface area contributed by atoms with Crippen molar-refractivity contribution in [3.05, 3.63) is 28.8 Å². The predicted octanol–water partition coefficient (Wildman–Crippen LogP) is 2.03. The molecule has 0 saturated carbocycles. The first-order chi connectivity index (χ1) is 8.66. The quantitative estimate of drug-likeness (QED) is 0.854. The van der Waals surface area contributed by atoms with E-state index in [1.54, 1.807) is 0 Å². The summed E-state index contributed by atoms with van der Waals surface area (Å²) >= 11 is 5.74. The lowest BCUT2D eigenvalue weighted by atomic mass is 10.1. The van der Waals surface area contributed by atoms with Crippen molar-refractivity contribution in [2.45, 2.75) is 12.8 Å². The molecule has 1 aliphatic rings. The average molecular weight is 273 g/mol. The molecule has 1 aliphatic heterocycles. The molecule has 1 N–H and O–H groups in total. The second kappa shape index (κ2) is 6.11. The van der Waals surface area contributed by atoms with Crippen LogP contribution in [0.25, 0.3) is 0 Å². The maximum Gasteiger partial charge on any atom is 0.254 e. The Kier molecular flexibility index (Phi) is 4.49. The zero-order chi connectivity index (χ0) is 13.0. The minimum atomic E-state index is -0.575. The minimum Gasteiger partial charge on any atom is -0.381 e. The molecule has 1 unspecified atom stereocenters. The number of rotatable bonds is 4. The Hall–Kier alpha value is -1.20. The van der Waals surface area contributed by atoms with Gasteiger partial charge in [0, 0.05) is 19.8 Å². The number of aromatic nitrogens is 1. The molecule has 4 nitrogen and oxygen atoms in total. The number of halogens is 2. The molecule has 1 aromatic rings. The molecule has 1 atom stereocenters. The zero-order valence-corrected chi connectivity index (χ0v) is 10.5. The molecule has 1 saturated heterocycles. The van der Waals surface area contributed by atoms with Crippen molar-refractivity contribution in [2.24, 2.45) is 5.92 Å². The average Bonchev–Trinajstić information content (AvgIpc) is 2.85. The normalized spacial score (nSPS) is 18.9. The summed E-state index contributed by atoms with van der Waals surface area (Å²) in [4.78, 5) is 15.4. The molecule has 6 heteroatoms. The van der Waals surface area contributed by atoms with E-state index < -0.39 is 11.7 Å². The number of ether oxygens (including phenoxy) is 1. The van der Waals surface area contributed by atoms with Crippen LogP contribution in [0.1, 0.15) is 23.2 Å². The second-order valence-corrected chi connectivity index (χ2v) is 4.62. The molecule has 0 aliphatic carbocycles. The molecule has 2 heterocycles. The number of carbonyl (C=O) groups is 1. The number of hydrogen-bond donors (Lipinski definition) is 1. The zero-order valence-electron chi connectivity index (χ0n) is 9.79. The third-order valence-corrected chi connectivity index (χ3v) is 3.21. The standard InChI is InChI=1S/C12H14ClFN2O2/c13-11-10(5-9(14)6-16-11)12(17)15-3-1-8-2-4-18-7-8/h5-6,8H,1-4,7H2,(H,15,17). The van der Waals surface area contributed by atoms with Gasteiger partial charge in [0.15, 0.2) is 0 Å². The lowest BCUT2D eigenvalue weighted by Crippen LogP contribution is -2.26. The van der Waals surface area contributed by atoms with Crippen LogP contribution >= 0.6 is 11.6 Å². The third-order valence-electron chi connectivity index (χ3n) is 2.91. The second-order valence-electron chi connectivity index (χ2n) is 4.27. The van der Waals surface area contributed by atoms with E-state index in [1.807, 2.05) is 0 Å². The van der Waals surface area contributed by atoms with Crippen molar-refractivity contribution < 1.29 is 13.9 Å². The van der Waals surface area contributed by atoms with Crippen LogP contribution in [0.2, 0.25) is 5.15 Å². The van der Waals surface area contributed by atoms with E-state index in [9.17, 15) is 9.18 Å². The van der Waals surface area contributed by atoms with E-state index in [0.717, 1.165) is 38.3 Å². The van der Waals surface area contributed by atoms with E-state index >= 15 is 0 Å². The van der Waals surface area contributed by atoms with Crippen molar-refractivity contribution >= 4 is 17.5 Å². The smallest absolute Gasteiger partial charge is 0.254 e. The lowest BCUT2D eigenvalue weighted by Gasteiger charge is -2.09. The van der Waals surface area contributed by atoms with Gasteiger partial charge in [0.25, 0.3) is 5.91 Å². The summed E-state index contributed by atoms with van der Waals surface area (Å²) in [6.07, 6.45) is 2.86. The summed E-state index contributed by atoms with van der Waals surface area (Å²) in [5, 5.41) is 2.72. The lowest BCUT2D eigenvalue weighted by molar-refractivity contribution is 0.0949. The van der Waals surface area contributed by atoms with Crippen LogP contribution in [0.4, 0.5) is 4.39 Å². The van der Waals surface area contributed by atoms with Gasteiger partial charge in [-0.15, -0.1) is 0 Å². The summed E-state index contributed by atoms with van der Waals surface area (Å²) in [5.74, 6) is -0.480. The van der Waals surface area contributed by atoms with Gasteiger partial charge in [-0.25, -0.2) is 9.37 Å². The molecule has 1 amide bonds. The van der Waals surface area contributed by atoms with Crippen LogP contribution in [0, 0.1) is 11.7 Å². The first-order valence-corrected chi connectivity index (χ1v) is 6.21. The highest BCUT2D eigenvalue weighted by Crippen LogP contribution is 2.16. The van der Waals surface area contributed by atoms with Crippen LogP contribution < -0.4 is 5.32 Å². The molecule has 18 heavy (non-hydrogen) atoms. The van der Waals surface area contributed by atoms with Crippen LogP contribution in [-0.4, -0.2) is 30.6 Å². The molecule has 1 aromatic heterocycles. The Labute approximate surface area is 109 Å². The third kappa shape index (κ3) is 3.40. The maximum absolute atomic E-state index is 13.0. The Bertz CT molecular complexity index is 436. The maximum atomic E-state index is 13.0. The Balaban J connectivity index is 1.85. The van der Waals surface area contributed by atoms with Gasteiger partial charge in [0.2, 0.25) is 0 Å². The minimum absolute atomic E-state index is 0.0121.